The van der Waals surface area contributed by atoms with Crippen LogP contribution in [0, 0.1) is 10.8 Å². The molecule has 7 aromatic carbocycles. The van der Waals surface area contributed by atoms with Gasteiger partial charge >= 0.3 is 23.9 Å². The smallest absolute Gasteiger partial charge is 0.324 e. The molecule has 12 heteroatoms. The van der Waals surface area contributed by atoms with E-state index in [0.717, 1.165) is 55.6 Å². The summed E-state index contributed by atoms with van der Waals surface area (Å²) in [6, 6.07) is 50.6. The molecule has 382 valence electrons. The number of esters is 4. The average Bonchev–Trinajstić information content (AvgIpc) is 4.24. The highest BCUT2D eigenvalue weighted by molar-refractivity contribution is 6.11. The molecular formula is C64H56N2O10. The number of carbonyl (C=O) groups excluding carboxylic acids is 6. The highest BCUT2D eigenvalue weighted by atomic mass is 16.6. The summed E-state index contributed by atoms with van der Waals surface area (Å²) < 4.78 is 22.9. The van der Waals surface area contributed by atoms with Gasteiger partial charge in [-0.3, -0.25) is 28.8 Å². The Morgan fingerprint density at radius 2 is 0.592 bits per heavy atom. The van der Waals surface area contributed by atoms with E-state index in [9.17, 15) is 19.2 Å². The zero-order valence-corrected chi connectivity index (χ0v) is 42.8. The van der Waals surface area contributed by atoms with E-state index in [-0.39, 0.29) is 59.8 Å². The maximum atomic E-state index is 16.5. The van der Waals surface area contributed by atoms with Crippen molar-refractivity contribution in [1.82, 2.24) is 10.6 Å². The molecule has 7 aromatic rings. The Morgan fingerprint density at radius 1 is 0.355 bits per heavy atom. The molecule has 0 atom stereocenters. The molecule has 76 heavy (non-hydrogen) atoms. The van der Waals surface area contributed by atoms with Crippen molar-refractivity contribution in [2.24, 2.45) is 10.8 Å². The predicted molar refractivity (Wildman–Crippen MR) is 284 cm³/mol. The van der Waals surface area contributed by atoms with Crippen molar-refractivity contribution in [3.05, 3.63) is 224 Å². The van der Waals surface area contributed by atoms with Crippen LogP contribution in [0.1, 0.15) is 104 Å². The van der Waals surface area contributed by atoms with Crippen LogP contribution in [-0.2, 0) is 74.9 Å². The zero-order chi connectivity index (χ0) is 53.0. The number of hydrogen-bond acceptors (Lipinski definition) is 10. The average molecular weight is 1010 g/mol. The van der Waals surface area contributed by atoms with Gasteiger partial charge in [0.25, 0.3) is 11.8 Å². The van der Waals surface area contributed by atoms with Gasteiger partial charge in [-0.1, -0.05) is 158 Å². The fraction of sp³-hybridized carbons (Fsp3) is 0.250. The number of amides is 2. The van der Waals surface area contributed by atoms with Gasteiger partial charge in [-0.25, -0.2) is 0 Å². The molecule has 11 rings (SSSR count). The third-order valence-corrected chi connectivity index (χ3v) is 15.9. The second-order valence-corrected chi connectivity index (χ2v) is 19.7. The summed E-state index contributed by atoms with van der Waals surface area (Å²) in [5, 5.41) is 7.04. The van der Waals surface area contributed by atoms with Crippen LogP contribution in [0.2, 0.25) is 0 Å². The number of fused-ring (bicyclic) bond motifs is 8. The van der Waals surface area contributed by atoms with E-state index in [1.165, 1.54) is 0 Å². The van der Waals surface area contributed by atoms with Gasteiger partial charge in [0.2, 0.25) is 0 Å². The molecule has 2 amide bonds. The first-order valence-electron chi connectivity index (χ1n) is 26.0. The number of ether oxygens (including phenoxy) is 4. The van der Waals surface area contributed by atoms with Gasteiger partial charge in [0, 0.05) is 36.8 Å². The second kappa shape index (κ2) is 19.2. The molecule has 0 saturated heterocycles. The maximum Gasteiger partial charge on any atom is 0.324 e. The molecule has 0 bridgehead atoms. The maximum absolute atomic E-state index is 16.5. The molecule has 12 nitrogen and oxygen atoms in total. The Labute approximate surface area is 440 Å². The lowest BCUT2D eigenvalue weighted by Crippen LogP contribution is -2.48. The van der Waals surface area contributed by atoms with Crippen LogP contribution < -0.4 is 10.6 Å². The first kappa shape index (κ1) is 49.6. The first-order valence-corrected chi connectivity index (χ1v) is 26.0. The minimum absolute atomic E-state index is 0.0130. The number of benzene rings is 7. The highest BCUT2D eigenvalue weighted by Gasteiger charge is 2.61. The van der Waals surface area contributed by atoms with E-state index in [4.69, 9.17) is 18.9 Å². The lowest BCUT2D eigenvalue weighted by Gasteiger charge is -2.35. The fourth-order valence-corrected chi connectivity index (χ4v) is 12.8. The third kappa shape index (κ3) is 7.24. The largest absolute Gasteiger partial charge is 0.465 e. The minimum Gasteiger partial charge on any atom is -0.465 e. The van der Waals surface area contributed by atoms with Crippen LogP contribution in [0.5, 0.6) is 0 Å². The van der Waals surface area contributed by atoms with Crippen molar-refractivity contribution < 1.29 is 47.7 Å². The molecule has 0 fully saturated rings. The lowest BCUT2D eigenvalue weighted by molar-refractivity contribution is -0.172. The SMILES string of the molecule is CCOC(=O)C1(C(=O)OCC)Cc2c(c(C(=O)NC3(c4ccccc4)c4ccccc4-c4ccccc43)c3c(c2C(=O)NC2(c4ccccc4)c4ccccc4-c4ccccc42)CC(C(=O)OCC)(C(=O)OCC)C3)C1. The van der Waals surface area contributed by atoms with Crippen LogP contribution in [0.15, 0.2) is 158 Å². The van der Waals surface area contributed by atoms with E-state index in [1.807, 2.05) is 158 Å². The van der Waals surface area contributed by atoms with Crippen LogP contribution in [0.4, 0.5) is 0 Å². The molecule has 4 aliphatic carbocycles. The van der Waals surface area contributed by atoms with Gasteiger partial charge in [-0.15, -0.1) is 0 Å². The Kier molecular flexibility index (Phi) is 12.6. The van der Waals surface area contributed by atoms with Crippen LogP contribution >= 0.6 is 0 Å². The number of hydrogen-bond donors (Lipinski definition) is 2. The van der Waals surface area contributed by atoms with E-state index in [2.05, 4.69) is 10.6 Å². The lowest BCUT2D eigenvalue weighted by atomic mass is 9.79. The van der Waals surface area contributed by atoms with Crippen molar-refractivity contribution in [1.29, 1.82) is 0 Å². The first-order chi connectivity index (χ1) is 36.9. The second-order valence-electron chi connectivity index (χ2n) is 19.7. The fourth-order valence-electron chi connectivity index (χ4n) is 12.8. The molecule has 2 N–H and O–H groups in total. The summed E-state index contributed by atoms with van der Waals surface area (Å²) in [6.07, 6.45) is -1.65. The summed E-state index contributed by atoms with van der Waals surface area (Å²) in [4.78, 5) is 91.9. The molecule has 0 saturated carbocycles. The molecular weight excluding hydrogens is 957 g/mol. The summed E-state index contributed by atoms with van der Waals surface area (Å²) in [6.45, 7) is 6.23. The zero-order valence-electron chi connectivity index (χ0n) is 42.8. The van der Waals surface area contributed by atoms with Crippen molar-refractivity contribution >= 4 is 35.7 Å². The molecule has 0 unspecified atom stereocenters. The molecule has 0 radical (unpaired) electrons. The van der Waals surface area contributed by atoms with E-state index < -0.39 is 83.3 Å². The van der Waals surface area contributed by atoms with Crippen molar-refractivity contribution in [3.63, 3.8) is 0 Å². The van der Waals surface area contributed by atoms with Crippen LogP contribution in [0.25, 0.3) is 22.3 Å². The Morgan fingerprint density at radius 3 is 0.842 bits per heavy atom. The normalized spacial score (nSPS) is 15.8. The van der Waals surface area contributed by atoms with Crippen LogP contribution in [-0.4, -0.2) is 62.1 Å². The van der Waals surface area contributed by atoms with Crippen molar-refractivity contribution in [2.75, 3.05) is 26.4 Å². The summed E-state index contributed by atoms with van der Waals surface area (Å²) in [5.41, 5.74) is 2.37. The summed E-state index contributed by atoms with van der Waals surface area (Å²) in [5.74, 6) is -4.80. The number of rotatable bonds is 14. The van der Waals surface area contributed by atoms with E-state index in [1.54, 1.807) is 27.7 Å². The number of nitrogens with one attached hydrogen (secondary N) is 2. The van der Waals surface area contributed by atoms with Gasteiger partial charge in [0.15, 0.2) is 10.8 Å². The standard InChI is InChI=1S/C64H56N2O10/c1-5-73-57(69)61(58(70)74-6-2)35-45-46(36-61)54(56(68)66-64(40-25-13-10-14-26-40)51-33-21-17-29-43(51)44-30-18-22-34-52(44)64)48-38-62(59(71)75-7-3,60(72)76-8-4)37-47(48)53(45)55(67)65-63(39-23-11-9-12-24-39)49-31-19-15-27-41(49)42-28-16-20-32-50(42)63/h9-34H,5-8,35-38H2,1-4H3,(H,65,67)(H,66,68). The molecule has 0 heterocycles. The summed E-state index contributed by atoms with van der Waals surface area (Å²) in [7, 11) is 0. The molecule has 4 aliphatic rings. The minimum atomic E-state index is -2.06. The van der Waals surface area contributed by atoms with Gasteiger partial charge in [0.1, 0.15) is 11.1 Å². The summed E-state index contributed by atoms with van der Waals surface area (Å²) >= 11 is 0. The Balaban J connectivity index is 1.21. The van der Waals surface area contributed by atoms with Gasteiger partial charge in [0.05, 0.1) is 26.4 Å². The predicted octanol–water partition coefficient (Wildman–Crippen LogP) is 9.51. The van der Waals surface area contributed by atoms with Gasteiger partial charge < -0.3 is 29.6 Å². The highest BCUT2D eigenvalue weighted by Crippen LogP contribution is 2.55. The monoisotopic (exact) mass is 1010 g/mol. The van der Waals surface area contributed by atoms with E-state index in [0.29, 0.717) is 0 Å². The Hall–Kier alpha value is -8.64. The quantitative estimate of drug-likeness (QED) is 0.0610. The van der Waals surface area contributed by atoms with Crippen molar-refractivity contribution in [2.45, 2.75) is 64.5 Å². The van der Waals surface area contributed by atoms with E-state index >= 15 is 9.59 Å². The van der Waals surface area contributed by atoms with Gasteiger partial charge in [-0.2, -0.15) is 0 Å². The molecule has 0 spiro atoms. The third-order valence-electron chi connectivity index (χ3n) is 15.9. The molecule has 0 aliphatic heterocycles. The topological polar surface area (TPSA) is 163 Å². The Bertz CT molecular complexity index is 3130. The van der Waals surface area contributed by atoms with Crippen molar-refractivity contribution in [3.8, 4) is 22.3 Å². The molecule has 0 aromatic heterocycles. The van der Waals surface area contributed by atoms with Crippen LogP contribution in [0.3, 0.4) is 0 Å². The van der Waals surface area contributed by atoms with Gasteiger partial charge in [-0.05, 0) is 106 Å². The number of carbonyl (C=O) groups is 6.